The fraction of sp³-hybridized carbons (Fsp3) is 0.400. The number of halogens is 2. The number of hydrogen-bond donors (Lipinski definition) is 0. The molecule has 0 aromatic carbocycles. The SMILES string of the molecule is CC1=C(C)C(C2=CC=CC2)=[C-]C1.C[C](C)=[Zr+2].[Cl-].[Cl-]. The molecule has 0 heterocycles. The molecule has 0 nitrogen and oxygen atoms in total. The van der Waals surface area contributed by atoms with Crippen LogP contribution in [0, 0.1) is 6.08 Å². The van der Waals surface area contributed by atoms with Gasteiger partial charge in [0, 0.05) is 0 Å². The maximum atomic E-state index is 3.43. The number of allylic oxidation sites excluding steroid dienone is 8. The zero-order valence-electron chi connectivity index (χ0n) is 11.4. The second kappa shape index (κ2) is 10.1. The molecule has 2 aliphatic rings. The Morgan fingerprint density at radius 2 is 1.78 bits per heavy atom. The maximum Gasteiger partial charge on any atom is -1.00 e. The van der Waals surface area contributed by atoms with E-state index in [9.17, 15) is 0 Å². The Morgan fingerprint density at radius 1 is 1.22 bits per heavy atom. The molecule has 0 fully saturated rings. The van der Waals surface area contributed by atoms with Gasteiger partial charge in [0.1, 0.15) is 0 Å². The molecule has 0 unspecified atom stereocenters. The van der Waals surface area contributed by atoms with Gasteiger partial charge < -0.3 is 24.8 Å². The molecule has 0 saturated heterocycles. The monoisotopic (exact) mass is 359 g/mol. The predicted octanol–water partition coefficient (Wildman–Crippen LogP) is -1.90. The topological polar surface area (TPSA) is 0 Å². The van der Waals surface area contributed by atoms with Gasteiger partial charge in [0.15, 0.2) is 0 Å². The molecule has 0 aliphatic heterocycles. The average molecular weight is 361 g/mol. The van der Waals surface area contributed by atoms with E-state index in [0.29, 0.717) is 0 Å². The summed E-state index contributed by atoms with van der Waals surface area (Å²) in [7, 11) is 0. The third kappa shape index (κ3) is 6.46. The Bertz CT molecular complexity index is 408. The molecular formula is C15H19Cl2Zr-. The van der Waals surface area contributed by atoms with Crippen molar-refractivity contribution in [2.24, 2.45) is 0 Å². The molecule has 0 N–H and O–H groups in total. The Morgan fingerprint density at radius 3 is 2.11 bits per heavy atom. The molecule has 3 heteroatoms. The summed E-state index contributed by atoms with van der Waals surface area (Å²) >= 11 is 1.55. The van der Waals surface area contributed by atoms with Crippen LogP contribution in [-0.4, -0.2) is 3.21 Å². The van der Waals surface area contributed by atoms with Gasteiger partial charge in [-0.2, -0.15) is 17.2 Å². The van der Waals surface area contributed by atoms with Crippen molar-refractivity contribution in [3.8, 4) is 0 Å². The van der Waals surface area contributed by atoms with Crippen LogP contribution in [0.5, 0.6) is 0 Å². The molecule has 0 aromatic rings. The summed E-state index contributed by atoms with van der Waals surface area (Å²) in [6, 6.07) is 0. The first-order valence-electron chi connectivity index (χ1n) is 5.67. The first-order valence-corrected chi connectivity index (χ1v) is 6.90. The fourth-order valence-electron chi connectivity index (χ4n) is 1.69. The van der Waals surface area contributed by atoms with E-state index in [-0.39, 0.29) is 24.8 Å². The molecule has 0 aromatic heterocycles. The van der Waals surface area contributed by atoms with Crippen LogP contribution in [0.25, 0.3) is 0 Å². The molecule has 0 amide bonds. The molecular weight excluding hydrogens is 342 g/mol. The van der Waals surface area contributed by atoms with E-state index < -0.39 is 0 Å². The normalized spacial score (nSPS) is 16.1. The maximum absolute atomic E-state index is 3.43. The van der Waals surface area contributed by atoms with E-state index in [0.717, 1.165) is 12.8 Å². The summed E-state index contributed by atoms with van der Waals surface area (Å²) in [6.07, 6.45) is 12.1. The summed E-state index contributed by atoms with van der Waals surface area (Å²) in [5.41, 5.74) is 5.70. The molecule has 0 atom stereocenters. The Balaban J connectivity index is 0. The zero-order chi connectivity index (χ0) is 12.1. The first kappa shape index (κ1) is 20.6. The fourth-order valence-corrected chi connectivity index (χ4v) is 1.69. The van der Waals surface area contributed by atoms with Crippen LogP contribution in [0.1, 0.15) is 40.5 Å². The van der Waals surface area contributed by atoms with Gasteiger partial charge in [-0.15, -0.1) is 17.2 Å². The van der Waals surface area contributed by atoms with Gasteiger partial charge in [-0.1, -0.05) is 38.8 Å². The van der Waals surface area contributed by atoms with E-state index in [4.69, 9.17) is 0 Å². The van der Waals surface area contributed by atoms with E-state index in [1.807, 2.05) is 0 Å². The minimum atomic E-state index is 0. The van der Waals surface area contributed by atoms with E-state index in [1.54, 1.807) is 24.2 Å². The third-order valence-electron chi connectivity index (χ3n) is 2.64. The smallest absolute Gasteiger partial charge is 1.00 e. The van der Waals surface area contributed by atoms with Crippen molar-refractivity contribution in [2.75, 3.05) is 0 Å². The Labute approximate surface area is 138 Å². The van der Waals surface area contributed by atoms with Crippen molar-refractivity contribution in [2.45, 2.75) is 40.5 Å². The molecule has 2 aliphatic carbocycles. The average Bonchev–Trinajstić information content (AvgIpc) is 2.77. The standard InChI is InChI=1S/C12H13.C3H6.2ClH.Zr/c1-9-7-8-12(10(9)2)11-5-3-4-6-11;1-3-2;;;/h3-5H,6-7H2,1-2H3;1-2H3;2*1H;/q-1;;;;+2/p-2. The minimum absolute atomic E-state index is 0. The third-order valence-corrected chi connectivity index (χ3v) is 2.64. The number of rotatable bonds is 1. The molecule has 2 rings (SSSR count). The molecule has 18 heavy (non-hydrogen) atoms. The van der Waals surface area contributed by atoms with E-state index in [1.165, 1.54) is 25.5 Å². The van der Waals surface area contributed by atoms with Gasteiger partial charge in [-0.05, 0) is 0 Å². The predicted molar refractivity (Wildman–Crippen MR) is 67.9 cm³/mol. The zero-order valence-corrected chi connectivity index (χ0v) is 15.4. The van der Waals surface area contributed by atoms with Crippen molar-refractivity contribution < 1.29 is 49.0 Å². The van der Waals surface area contributed by atoms with Crippen molar-refractivity contribution in [3.63, 3.8) is 0 Å². The molecule has 0 bridgehead atoms. The Kier molecular flexibility index (Phi) is 11.6. The first-order chi connectivity index (χ1) is 7.52. The Hall–Kier alpha value is 0.293. The van der Waals surface area contributed by atoms with Crippen molar-refractivity contribution >= 4 is 3.21 Å². The molecule has 0 radical (unpaired) electrons. The van der Waals surface area contributed by atoms with Crippen LogP contribution in [-0.2, 0) is 24.2 Å². The van der Waals surface area contributed by atoms with E-state index >= 15 is 0 Å². The van der Waals surface area contributed by atoms with Crippen LogP contribution < -0.4 is 24.8 Å². The molecule has 98 valence electrons. The summed E-state index contributed by atoms with van der Waals surface area (Å²) in [5.74, 6) is 0. The minimum Gasteiger partial charge on any atom is -1.00 e. The van der Waals surface area contributed by atoms with Crippen molar-refractivity contribution in [3.05, 3.63) is 46.6 Å². The summed E-state index contributed by atoms with van der Waals surface area (Å²) in [5, 5.41) is 0. The van der Waals surface area contributed by atoms with Gasteiger partial charge >= 0.3 is 41.3 Å². The van der Waals surface area contributed by atoms with Gasteiger partial charge in [0.2, 0.25) is 0 Å². The quantitative estimate of drug-likeness (QED) is 0.479. The number of hydrogen-bond acceptors (Lipinski definition) is 0. The van der Waals surface area contributed by atoms with Gasteiger partial charge in [0.25, 0.3) is 0 Å². The van der Waals surface area contributed by atoms with E-state index in [2.05, 4.69) is 52.0 Å². The summed E-state index contributed by atoms with van der Waals surface area (Å²) in [4.78, 5) is 0. The largest absolute Gasteiger partial charge is 1.00 e. The van der Waals surface area contributed by atoms with Crippen molar-refractivity contribution in [1.29, 1.82) is 0 Å². The van der Waals surface area contributed by atoms with Crippen LogP contribution in [0.4, 0.5) is 0 Å². The second-order valence-electron chi connectivity index (χ2n) is 4.46. The van der Waals surface area contributed by atoms with Crippen molar-refractivity contribution in [1.82, 2.24) is 0 Å². The van der Waals surface area contributed by atoms with Gasteiger partial charge in [-0.3, -0.25) is 0 Å². The van der Waals surface area contributed by atoms with Gasteiger partial charge in [0.05, 0.1) is 0 Å². The summed E-state index contributed by atoms with van der Waals surface area (Å²) in [6.45, 7) is 8.64. The van der Waals surface area contributed by atoms with Gasteiger partial charge in [-0.25, -0.2) is 0 Å². The van der Waals surface area contributed by atoms with Crippen LogP contribution in [0.2, 0.25) is 0 Å². The van der Waals surface area contributed by atoms with Crippen LogP contribution >= 0.6 is 0 Å². The molecule has 0 saturated carbocycles. The molecule has 0 spiro atoms. The second-order valence-corrected chi connectivity index (χ2v) is 6.92. The van der Waals surface area contributed by atoms with Crippen LogP contribution in [0.3, 0.4) is 0 Å². The summed E-state index contributed by atoms with van der Waals surface area (Å²) < 4.78 is 1.51. The van der Waals surface area contributed by atoms with Crippen LogP contribution in [0.15, 0.2) is 40.5 Å².